The Bertz CT molecular complexity index is 528. The summed E-state index contributed by atoms with van der Waals surface area (Å²) in [4.78, 5) is 8.35. The van der Waals surface area contributed by atoms with Crippen LogP contribution in [-0.2, 0) is 0 Å². The Labute approximate surface area is 105 Å². The number of nitrogens with zero attached hydrogens (tertiary/aromatic N) is 3. The number of rotatable bonds is 3. The number of aromatic amines is 1. The summed E-state index contributed by atoms with van der Waals surface area (Å²) in [6.45, 7) is 0.955. The average Bonchev–Trinajstić information content (AvgIpc) is 2.85. The van der Waals surface area contributed by atoms with Crippen molar-refractivity contribution in [2.45, 2.75) is 32.1 Å². The molecule has 0 amide bonds. The third-order valence-electron chi connectivity index (χ3n) is 3.61. The zero-order chi connectivity index (χ0) is 12.4. The van der Waals surface area contributed by atoms with Crippen molar-refractivity contribution in [2.24, 2.45) is 5.92 Å². The van der Waals surface area contributed by atoms with Gasteiger partial charge in [-0.1, -0.05) is 19.3 Å². The van der Waals surface area contributed by atoms with Crippen LogP contribution in [0.3, 0.4) is 0 Å². The second kappa shape index (κ2) is 4.80. The smallest absolute Gasteiger partial charge is 0.224 e. The van der Waals surface area contributed by atoms with Crippen LogP contribution in [0.5, 0.6) is 0 Å². The summed E-state index contributed by atoms with van der Waals surface area (Å²) < 4.78 is 0. The maximum Gasteiger partial charge on any atom is 0.224 e. The molecular weight excluding hydrogens is 228 g/mol. The molecule has 0 saturated heterocycles. The Morgan fingerprint density at radius 1 is 1.28 bits per heavy atom. The van der Waals surface area contributed by atoms with Crippen molar-refractivity contribution in [1.29, 1.82) is 0 Å². The molecule has 1 fully saturated rings. The van der Waals surface area contributed by atoms with Gasteiger partial charge in [0.2, 0.25) is 5.95 Å². The van der Waals surface area contributed by atoms with E-state index in [2.05, 4.69) is 25.5 Å². The summed E-state index contributed by atoms with van der Waals surface area (Å²) in [5.41, 5.74) is 6.37. The molecule has 1 saturated carbocycles. The lowest BCUT2D eigenvalue weighted by Gasteiger charge is -2.22. The van der Waals surface area contributed by atoms with Crippen LogP contribution in [0.1, 0.15) is 32.1 Å². The summed E-state index contributed by atoms with van der Waals surface area (Å²) in [5, 5.41) is 11.1. The SMILES string of the molecule is Nc1nc(NCC2CCCCC2)c2cn[nH]c2n1. The van der Waals surface area contributed by atoms with E-state index in [4.69, 9.17) is 5.73 Å². The molecule has 1 aliphatic carbocycles. The summed E-state index contributed by atoms with van der Waals surface area (Å²) in [7, 11) is 0. The third-order valence-corrected chi connectivity index (χ3v) is 3.61. The van der Waals surface area contributed by atoms with Gasteiger partial charge in [0.05, 0.1) is 11.6 Å². The predicted octanol–water partition coefficient (Wildman–Crippen LogP) is 1.93. The van der Waals surface area contributed by atoms with Crippen molar-refractivity contribution in [3.8, 4) is 0 Å². The largest absolute Gasteiger partial charge is 0.369 e. The number of anilines is 2. The van der Waals surface area contributed by atoms with Crippen LogP contribution in [0.2, 0.25) is 0 Å². The number of hydrogen-bond acceptors (Lipinski definition) is 5. The van der Waals surface area contributed by atoms with E-state index >= 15 is 0 Å². The number of nitrogens with two attached hydrogens (primary N) is 1. The monoisotopic (exact) mass is 246 g/mol. The van der Waals surface area contributed by atoms with Gasteiger partial charge in [-0.05, 0) is 18.8 Å². The van der Waals surface area contributed by atoms with Crippen molar-refractivity contribution in [1.82, 2.24) is 20.2 Å². The molecule has 3 rings (SSSR count). The summed E-state index contributed by atoms with van der Waals surface area (Å²) in [6, 6.07) is 0. The quantitative estimate of drug-likeness (QED) is 0.769. The van der Waals surface area contributed by atoms with Gasteiger partial charge in [0.15, 0.2) is 5.65 Å². The van der Waals surface area contributed by atoms with E-state index in [1.165, 1.54) is 32.1 Å². The number of nitrogens with one attached hydrogen (secondary N) is 2. The van der Waals surface area contributed by atoms with E-state index < -0.39 is 0 Å². The Balaban J connectivity index is 1.75. The van der Waals surface area contributed by atoms with E-state index in [1.54, 1.807) is 6.20 Å². The van der Waals surface area contributed by atoms with Crippen molar-refractivity contribution in [2.75, 3.05) is 17.6 Å². The average molecular weight is 246 g/mol. The minimum Gasteiger partial charge on any atom is -0.369 e. The molecule has 0 unspecified atom stereocenters. The second-order valence-corrected chi connectivity index (χ2v) is 4.95. The molecule has 96 valence electrons. The molecule has 0 aromatic carbocycles. The Morgan fingerprint density at radius 2 is 2.11 bits per heavy atom. The van der Waals surface area contributed by atoms with Gasteiger partial charge in [-0.2, -0.15) is 15.1 Å². The lowest BCUT2D eigenvalue weighted by molar-refractivity contribution is 0.373. The highest BCUT2D eigenvalue weighted by Crippen LogP contribution is 2.25. The molecule has 0 spiro atoms. The van der Waals surface area contributed by atoms with Crippen molar-refractivity contribution in [3.05, 3.63) is 6.20 Å². The van der Waals surface area contributed by atoms with Crippen molar-refractivity contribution >= 4 is 22.8 Å². The molecule has 2 heterocycles. The highest BCUT2D eigenvalue weighted by molar-refractivity contribution is 5.86. The molecule has 2 aromatic heterocycles. The normalized spacial score (nSPS) is 17.1. The van der Waals surface area contributed by atoms with E-state index in [-0.39, 0.29) is 5.95 Å². The molecule has 0 bridgehead atoms. The van der Waals surface area contributed by atoms with Crippen LogP contribution in [0.15, 0.2) is 6.20 Å². The van der Waals surface area contributed by atoms with Gasteiger partial charge in [0.1, 0.15) is 5.82 Å². The van der Waals surface area contributed by atoms with Crippen molar-refractivity contribution < 1.29 is 0 Å². The number of aromatic nitrogens is 4. The predicted molar refractivity (Wildman–Crippen MR) is 71.2 cm³/mol. The molecule has 1 aliphatic rings. The first kappa shape index (κ1) is 11.3. The van der Waals surface area contributed by atoms with Gasteiger partial charge in [-0.15, -0.1) is 0 Å². The lowest BCUT2D eigenvalue weighted by Crippen LogP contribution is -2.18. The number of nitrogen functional groups attached to an aromatic ring is 1. The molecule has 4 N–H and O–H groups in total. The third kappa shape index (κ3) is 2.23. The molecule has 6 nitrogen and oxygen atoms in total. The number of fused-ring (bicyclic) bond motifs is 1. The van der Waals surface area contributed by atoms with E-state index in [9.17, 15) is 0 Å². The molecular formula is C12H18N6. The zero-order valence-electron chi connectivity index (χ0n) is 10.3. The Morgan fingerprint density at radius 3 is 2.94 bits per heavy atom. The van der Waals surface area contributed by atoms with E-state index in [0.29, 0.717) is 5.65 Å². The highest BCUT2D eigenvalue weighted by atomic mass is 15.2. The Kier molecular flexibility index (Phi) is 3.00. The van der Waals surface area contributed by atoms with Crippen LogP contribution < -0.4 is 11.1 Å². The molecule has 6 heteroatoms. The maximum absolute atomic E-state index is 5.68. The molecule has 0 radical (unpaired) electrons. The highest BCUT2D eigenvalue weighted by Gasteiger charge is 2.14. The molecule has 2 aromatic rings. The maximum atomic E-state index is 5.68. The van der Waals surface area contributed by atoms with Gasteiger partial charge in [-0.25, -0.2) is 0 Å². The van der Waals surface area contributed by atoms with Crippen LogP contribution in [0.4, 0.5) is 11.8 Å². The zero-order valence-corrected chi connectivity index (χ0v) is 10.3. The Hall–Kier alpha value is -1.85. The summed E-state index contributed by atoms with van der Waals surface area (Å²) in [6.07, 6.45) is 8.42. The first-order valence-corrected chi connectivity index (χ1v) is 6.53. The topological polar surface area (TPSA) is 92.5 Å². The number of hydrogen-bond donors (Lipinski definition) is 3. The van der Waals surface area contributed by atoms with Gasteiger partial charge >= 0.3 is 0 Å². The van der Waals surface area contributed by atoms with Gasteiger partial charge in [0, 0.05) is 6.54 Å². The second-order valence-electron chi connectivity index (χ2n) is 4.95. The minimum absolute atomic E-state index is 0.276. The fourth-order valence-electron chi connectivity index (χ4n) is 2.62. The summed E-state index contributed by atoms with van der Waals surface area (Å²) >= 11 is 0. The lowest BCUT2D eigenvalue weighted by atomic mass is 9.89. The van der Waals surface area contributed by atoms with Gasteiger partial charge in [0.25, 0.3) is 0 Å². The van der Waals surface area contributed by atoms with E-state index in [0.717, 1.165) is 23.7 Å². The molecule has 0 atom stereocenters. The molecule has 18 heavy (non-hydrogen) atoms. The fourth-order valence-corrected chi connectivity index (χ4v) is 2.62. The van der Waals surface area contributed by atoms with Crippen LogP contribution in [0, 0.1) is 5.92 Å². The van der Waals surface area contributed by atoms with Crippen molar-refractivity contribution in [3.63, 3.8) is 0 Å². The standard InChI is InChI=1S/C12H18N6/c13-12-16-10(9-7-15-18-11(9)17-12)14-6-8-4-2-1-3-5-8/h7-8H,1-6H2,(H4,13,14,15,16,17,18). The number of H-pyrrole nitrogens is 1. The van der Waals surface area contributed by atoms with Gasteiger partial charge < -0.3 is 11.1 Å². The first-order chi connectivity index (χ1) is 8.83. The van der Waals surface area contributed by atoms with Crippen LogP contribution in [0.25, 0.3) is 11.0 Å². The van der Waals surface area contributed by atoms with Gasteiger partial charge in [-0.3, -0.25) is 5.10 Å². The summed E-state index contributed by atoms with van der Waals surface area (Å²) in [5.74, 6) is 1.81. The van der Waals surface area contributed by atoms with Crippen LogP contribution >= 0.6 is 0 Å². The van der Waals surface area contributed by atoms with E-state index in [1.807, 2.05) is 0 Å². The fraction of sp³-hybridized carbons (Fsp3) is 0.583. The minimum atomic E-state index is 0.276. The van der Waals surface area contributed by atoms with Crippen LogP contribution in [-0.4, -0.2) is 26.7 Å². The molecule has 0 aliphatic heterocycles. The first-order valence-electron chi connectivity index (χ1n) is 6.53.